The van der Waals surface area contributed by atoms with Crippen LogP contribution in [0.25, 0.3) is 0 Å². The lowest BCUT2D eigenvalue weighted by Crippen LogP contribution is -2.16. The van der Waals surface area contributed by atoms with Gasteiger partial charge in [-0.1, -0.05) is 25.7 Å². The Morgan fingerprint density at radius 3 is 2.70 bits per heavy atom. The van der Waals surface area contributed by atoms with E-state index in [1.54, 1.807) is 0 Å². The van der Waals surface area contributed by atoms with Gasteiger partial charge >= 0.3 is 0 Å². The van der Waals surface area contributed by atoms with E-state index in [-0.39, 0.29) is 5.91 Å². The predicted octanol–water partition coefficient (Wildman–Crippen LogP) is 3.37. The molecule has 0 unspecified atom stereocenters. The third-order valence-corrected chi connectivity index (χ3v) is 4.08. The molecule has 1 fully saturated rings. The molecule has 1 amide bonds. The molecular weight excluding hydrogens is 254 g/mol. The van der Waals surface area contributed by atoms with Crippen LogP contribution < -0.4 is 14.8 Å². The predicted molar refractivity (Wildman–Crippen MR) is 77.3 cm³/mol. The molecule has 0 aromatic heterocycles. The Hall–Kier alpha value is -1.71. The van der Waals surface area contributed by atoms with Crippen molar-refractivity contribution < 1.29 is 14.3 Å². The van der Waals surface area contributed by atoms with Crippen LogP contribution in [0.4, 0.5) is 5.69 Å². The quantitative estimate of drug-likeness (QED) is 0.916. The number of hydrogen-bond donors (Lipinski definition) is 1. The number of benzene rings is 1. The van der Waals surface area contributed by atoms with Crippen LogP contribution in [0, 0.1) is 5.92 Å². The lowest BCUT2D eigenvalue weighted by Gasteiger charge is -2.19. The Morgan fingerprint density at radius 2 is 1.90 bits per heavy atom. The zero-order valence-electron chi connectivity index (χ0n) is 11.7. The second-order valence-electron chi connectivity index (χ2n) is 5.60. The Bertz CT molecular complexity index is 481. The average molecular weight is 275 g/mol. The maximum Gasteiger partial charge on any atom is 0.224 e. The number of ether oxygens (including phenoxy) is 2. The van der Waals surface area contributed by atoms with Gasteiger partial charge in [0.05, 0.1) is 0 Å². The number of fused-ring (bicyclic) bond motifs is 1. The van der Waals surface area contributed by atoms with E-state index < -0.39 is 0 Å². The van der Waals surface area contributed by atoms with Gasteiger partial charge in [-0.15, -0.1) is 0 Å². The zero-order chi connectivity index (χ0) is 13.8. The molecule has 1 aromatic rings. The lowest BCUT2D eigenvalue weighted by atomic mass is 10.0. The molecule has 3 rings (SSSR count). The first-order valence-corrected chi connectivity index (χ1v) is 7.51. The van der Waals surface area contributed by atoms with Gasteiger partial charge in [0.1, 0.15) is 13.2 Å². The fourth-order valence-electron chi connectivity index (χ4n) is 2.98. The molecule has 0 bridgehead atoms. The molecule has 4 heteroatoms. The van der Waals surface area contributed by atoms with Crippen LogP contribution in [0.15, 0.2) is 18.2 Å². The second kappa shape index (κ2) is 6.16. The normalized spacial score (nSPS) is 18.0. The molecule has 1 aromatic carbocycles. The van der Waals surface area contributed by atoms with E-state index in [0.29, 0.717) is 25.4 Å². The number of carbonyl (C=O) groups excluding carboxylic acids is 1. The molecular formula is C16H21NO3. The molecule has 0 atom stereocenters. The molecule has 1 heterocycles. The van der Waals surface area contributed by atoms with Crippen LogP contribution in [-0.2, 0) is 4.79 Å². The van der Waals surface area contributed by atoms with Crippen LogP contribution in [-0.4, -0.2) is 19.1 Å². The third kappa shape index (κ3) is 3.24. The second-order valence-corrected chi connectivity index (χ2v) is 5.60. The summed E-state index contributed by atoms with van der Waals surface area (Å²) in [5.41, 5.74) is 0.783. The first kappa shape index (κ1) is 13.3. The minimum absolute atomic E-state index is 0.0913. The van der Waals surface area contributed by atoms with Gasteiger partial charge in [-0.25, -0.2) is 0 Å². The van der Waals surface area contributed by atoms with E-state index in [4.69, 9.17) is 9.47 Å². The molecule has 0 spiro atoms. The third-order valence-electron chi connectivity index (χ3n) is 4.08. The summed E-state index contributed by atoms with van der Waals surface area (Å²) < 4.78 is 11.0. The van der Waals surface area contributed by atoms with Crippen molar-refractivity contribution >= 4 is 11.6 Å². The number of nitrogens with one attached hydrogen (secondary N) is 1. The summed E-state index contributed by atoms with van der Waals surface area (Å²) in [6, 6.07) is 5.55. The molecule has 1 saturated carbocycles. The maximum atomic E-state index is 12.0. The zero-order valence-corrected chi connectivity index (χ0v) is 11.7. The van der Waals surface area contributed by atoms with Gasteiger partial charge in [0.25, 0.3) is 0 Å². The molecule has 1 N–H and O–H groups in total. The van der Waals surface area contributed by atoms with Crippen LogP contribution >= 0.6 is 0 Å². The van der Waals surface area contributed by atoms with Crippen LogP contribution in [0.5, 0.6) is 11.5 Å². The molecule has 1 aliphatic carbocycles. The highest BCUT2D eigenvalue weighted by atomic mass is 16.6. The Balaban J connectivity index is 1.52. The van der Waals surface area contributed by atoms with Crippen molar-refractivity contribution in [1.82, 2.24) is 0 Å². The SMILES string of the molecule is O=C(CCC1CCCC1)Nc1ccc2c(c1)OCCO2. The summed E-state index contributed by atoms with van der Waals surface area (Å²) in [4.78, 5) is 12.0. The molecule has 2 aliphatic rings. The fraction of sp³-hybridized carbons (Fsp3) is 0.562. The van der Waals surface area contributed by atoms with Crippen molar-refractivity contribution in [3.05, 3.63) is 18.2 Å². The Kier molecular flexibility index (Phi) is 4.09. The standard InChI is InChI=1S/C16H21NO3/c18-16(8-5-12-3-1-2-4-12)17-13-6-7-14-15(11-13)20-10-9-19-14/h6-7,11-12H,1-5,8-10H2,(H,17,18). The van der Waals surface area contributed by atoms with Crippen LogP contribution in [0.1, 0.15) is 38.5 Å². The van der Waals surface area contributed by atoms with Crippen LogP contribution in [0.3, 0.4) is 0 Å². The van der Waals surface area contributed by atoms with Gasteiger partial charge < -0.3 is 14.8 Å². The highest BCUT2D eigenvalue weighted by Gasteiger charge is 2.17. The number of carbonyl (C=O) groups is 1. The first-order valence-electron chi connectivity index (χ1n) is 7.51. The Labute approximate surface area is 119 Å². The molecule has 4 nitrogen and oxygen atoms in total. The number of anilines is 1. The van der Waals surface area contributed by atoms with Crippen molar-refractivity contribution in [1.29, 1.82) is 0 Å². The van der Waals surface area contributed by atoms with Crippen LogP contribution in [0.2, 0.25) is 0 Å². The van der Waals surface area contributed by atoms with E-state index in [1.807, 2.05) is 18.2 Å². The largest absolute Gasteiger partial charge is 0.486 e. The molecule has 20 heavy (non-hydrogen) atoms. The molecule has 108 valence electrons. The van der Waals surface area contributed by atoms with Crippen molar-refractivity contribution in [2.75, 3.05) is 18.5 Å². The highest BCUT2D eigenvalue weighted by molar-refractivity contribution is 5.91. The monoisotopic (exact) mass is 275 g/mol. The van der Waals surface area contributed by atoms with Crippen molar-refractivity contribution in [2.45, 2.75) is 38.5 Å². The Morgan fingerprint density at radius 1 is 1.15 bits per heavy atom. The topological polar surface area (TPSA) is 47.6 Å². The lowest BCUT2D eigenvalue weighted by molar-refractivity contribution is -0.116. The number of rotatable bonds is 4. The highest BCUT2D eigenvalue weighted by Crippen LogP contribution is 2.33. The van der Waals surface area contributed by atoms with E-state index in [1.165, 1.54) is 25.7 Å². The summed E-state index contributed by atoms with van der Waals surface area (Å²) in [5, 5.41) is 2.94. The summed E-state index contributed by atoms with van der Waals surface area (Å²) >= 11 is 0. The molecule has 0 saturated heterocycles. The summed E-state index contributed by atoms with van der Waals surface area (Å²) in [6.45, 7) is 1.15. The summed E-state index contributed by atoms with van der Waals surface area (Å²) in [6.07, 6.45) is 6.85. The van der Waals surface area contributed by atoms with E-state index >= 15 is 0 Å². The van der Waals surface area contributed by atoms with Gasteiger partial charge in [0.15, 0.2) is 11.5 Å². The minimum Gasteiger partial charge on any atom is -0.486 e. The number of hydrogen-bond acceptors (Lipinski definition) is 3. The van der Waals surface area contributed by atoms with E-state index in [9.17, 15) is 4.79 Å². The van der Waals surface area contributed by atoms with Crippen molar-refractivity contribution in [2.24, 2.45) is 5.92 Å². The van der Waals surface area contributed by atoms with Gasteiger partial charge in [0.2, 0.25) is 5.91 Å². The molecule has 0 radical (unpaired) electrons. The van der Waals surface area contributed by atoms with Crippen molar-refractivity contribution in [3.8, 4) is 11.5 Å². The van der Waals surface area contributed by atoms with Gasteiger partial charge in [-0.05, 0) is 24.5 Å². The van der Waals surface area contributed by atoms with Gasteiger partial charge in [0, 0.05) is 18.2 Å². The van der Waals surface area contributed by atoms with E-state index in [2.05, 4.69) is 5.32 Å². The maximum absolute atomic E-state index is 12.0. The smallest absolute Gasteiger partial charge is 0.224 e. The molecule has 1 aliphatic heterocycles. The first-order chi connectivity index (χ1) is 9.81. The average Bonchev–Trinajstić information content (AvgIpc) is 2.98. The summed E-state index contributed by atoms with van der Waals surface area (Å²) in [5.74, 6) is 2.31. The van der Waals surface area contributed by atoms with Crippen molar-refractivity contribution in [3.63, 3.8) is 0 Å². The fourth-order valence-corrected chi connectivity index (χ4v) is 2.98. The summed E-state index contributed by atoms with van der Waals surface area (Å²) in [7, 11) is 0. The number of amides is 1. The minimum atomic E-state index is 0.0913. The van der Waals surface area contributed by atoms with Gasteiger partial charge in [-0.2, -0.15) is 0 Å². The van der Waals surface area contributed by atoms with Gasteiger partial charge in [-0.3, -0.25) is 4.79 Å². The van der Waals surface area contributed by atoms with E-state index in [0.717, 1.165) is 23.8 Å².